The third-order valence-electron chi connectivity index (χ3n) is 1.88. The second kappa shape index (κ2) is 13.1. The molecule has 12 nitrogen and oxygen atoms in total. The molecule has 0 heterocycles. The van der Waals surface area contributed by atoms with Crippen molar-refractivity contribution in [1.82, 2.24) is 0 Å². The van der Waals surface area contributed by atoms with Gasteiger partial charge in [0.05, 0.1) is 0 Å². The van der Waals surface area contributed by atoms with Gasteiger partial charge < -0.3 is 57.4 Å². The van der Waals surface area contributed by atoms with Crippen LogP contribution in [0.2, 0.25) is 0 Å². The van der Waals surface area contributed by atoms with Gasteiger partial charge in [0.15, 0.2) is 0 Å². The molecule has 0 bridgehead atoms. The van der Waals surface area contributed by atoms with Crippen LogP contribution < -0.4 is 39.1 Å². The van der Waals surface area contributed by atoms with Gasteiger partial charge in [0.1, 0.15) is 0 Å². The van der Waals surface area contributed by atoms with Gasteiger partial charge in [0.2, 0.25) is 0 Å². The Hall–Kier alpha value is 3.79. The van der Waals surface area contributed by atoms with Gasteiger partial charge in [-0.25, -0.2) is 0 Å². The molecular formula is C3H4O12P4Sn4. The quantitative estimate of drug-likeness (QED) is 0.179. The van der Waals surface area contributed by atoms with Gasteiger partial charge in [-0.1, -0.05) is 30.4 Å². The molecule has 0 N–H and O–H groups in total. The fourth-order valence-corrected chi connectivity index (χ4v) is 6.36. The van der Waals surface area contributed by atoms with E-state index >= 15 is 0 Å². The molecule has 0 saturated heterocycles. The average Bonchev–Trinajstić information content (AvgIpc) is 1.91. The Balaban J connectivity index is -0.000000270. The third-order valence-corrected chi connectivity index (χ3v) is 9.04. The van der Waals surface area contributed by atoms with Crippen LogP contribution in [-0.4, -0.2) is 106 Å². The predicted octanol–water partition coefficient (Wildman–Crippen LogP) is -7.84. The van der Waals surface area contributed by atoms with Gasteiger partial charge in [0.25, 0.3) is 0 Å². The summed E-state index contributed by atoms with van der Waals surface area (Å²) in [6, 6.07) is 0. The Kier molecular flexibility index (Phi) is 21.4. The molecule has 0 aliphatic heterocycles. The van der Waals surface area contributed by atoms with Crippen LogP contribution in [0, 0.1) is 0 Å². The zero-order chi connectivity index (χ0) is 15.9. The smallest absolute Gasteiger partial charge is 0.810 e. The molecule has 0 fully saturated rings. The molecule has 124 valence electrons. The van der Waals surface area contributed by atoms with Gasteiger partial charge in [-0.05, 0) is 6.42 Å². The van der Waals surface area contributed by atoms with Gasteiger partial charge >= 0.3 is 95.6 Å². The van der Waals surface area contributed by atoms with Crippen LogP contribution in [0.1, 0.15) is 6.42 Å². The number of rotatable bonds is 6. The number of hydrogen-bond donors (Lipinski definition) is 0. The Morgan fingerprint density at radius 2 is 0.609 bits per heavy atom. The van der Waals surface area contributed by atoms with E-state index in [-0.39, 0.29) is 95.6 Å². The first-order valence-corrected chi connectivity index (χ1v) is 10.5. The summed E-state index contributed by atoms with van der Waals surface area (Å²) in [5, 5.41) is -7.03. The average molecular weight is 831 g/mol. The molecule has 0 aliphatic rings. The topological polar surface area (TPSA) is 253 Å². The van der Waals surface area contributed by atoms with Crippen molar-refractivity contribution in [3.63, 3.8) is 0 Å². The van der Waals surface area contributed by atoms with Crippen LogP contribution in [0.15, 0.2) is 0 Å². The first-order valence-electron chi connectivity index (χ1n) is 4.04. The Labute approximate surface area is 198 Å². The molecule has 23 heavy (non-hydrogen) atoms. The van der Waals surface area contributed by atoms with Gasteiger partial charge in [-0.2, -0.15) is 0 Å². The van der Waals surface area contributed by atoms with E-state index in [1.165, 1.54) is 0 Å². The second-order valence-corrected chi connectivity index (χ2v) is 11.0. The van der Waals surface area contributed by atoms with Crippen molar-refractivity contribution in [2.45, 2.75) is 17.2 Å². The van der Waals surface area contributed by atoms with E-state index in [9.17, 15) is 57.4 Å². The fourth-order valence-electron chi connectivity index (χ4n) is 1.05. The van der Waals surface area contributed by atoms with E-state index in [1.807, 2.05) is 0 Å². The summed E-state index contributed by atoms with van der Waals surface area (Å²) in [7, 11) is -25.1. The summed E-state index contributed by atoms with van der Waals surface area (Å²) in [6.45, 7) is 0. The minimum atomic E-state index is -6.28. The summed E-state index contributed by atoms with van der Waals surface area (Å²) >= 11 is 0. The molecule has 0 spiro atoms. The summed E-state index contributed by atoms with van der Waals surface area (Å²) in [5.41, 5.74) is 0. The molecule has 0 aliphatic carbocycles. The van der Waals surface area contributed by atoms with Crippen LogP contribution in [0.5, 0.6) is 0 Å². The Morgan fingerprint density at radius 1 is 0.478 bits per heavy atom. The molecule has 0 rings (SSSR count). The minimum absolute atomic E-state index is 0. The van der Waals surface area contributed by atoms with Crippen molar-refractivity contribution >= 4 is 126 Å². The predicted molar refractivity (Wildman–Crippen MR) is 65.6 cm³/mol. The SMILES string of the molecule is O=P([O-])([O-])C(CC(P(=O)([O-])[O-])P(=O)([O-])[O-])P(=O)([O-])[O-].[Sn+2].[Sn+2].[Sn+2].[Sn+2]. The van der Waals surface area contributed by atoms with Gasteiger partial charge in [0, 0.05) is 10.8 Å². The van der Waals surface area contributed by atoms with Crippen molar-refractivity contribution in [3.05, 3.63) is 0 Å². The van der Waals surface area contributed by atoms with Crippen molar-refractivity contribution in [2.75, 3.05) is 0 Å². The van der Waals surface area contributed by atoms with E-state index in [0.29, 0.717) is 0 Å². The third kappa shape index (κ3) is 14.4. The molecule has 0 saturated carbocycles. The van der Waals surface area contributed by atoms with Crippen LogP contribution >= 0.6 is 30.4 Å². The molecule has 0 aromatic rings. The van der Waals surface area contributed by atoms with Crippen molar-refractivity contribution in [2.24, 2.45) is 0 Å². The Bertz CT molecular complexity index is 424. The molecule has 0 aromatic carbocycles. The van der Waals surface area contributed by atoms with Crippen molar-refractivity contribution in [3.8, 4) is 0 Å². The first-order chi connectivity index (χ1) is 7.97. The van der Waals surface area contributed by atoms with Crippen molar-refractivity contribution in [1.29, 1.82) is 0 Å². The van der Waals surface area contributed by atoms with Crippen molar-refractivity contribution < 1.29 is 57.4 Å². The van der Waals surface area contributed by atoms with Crippen LogP contribution in [0.3, 0.4) is 0 Å². The molecule has 20 heteroatoms. The maximum atomic E-state index is 10.5. The maximum absolute atomic E-state index is 10.5. The van der Waals surface area contributed by atoms with Gasteiger partial charge in [-0.3, -0.25) is 0 Å². The monoisotopic (exact) mass is 835 g/mol. The van der Waals surface area contributed by atoms with Crippen LogP contribution in [-0.2, 0) is 18.3 Å². The molecule has 0 amide bonds. The summed E-state index contributed by atoms with van der Waals surface area (Å²) in [6.07, 6.45) is -2.23. The zero-order valence-electron chi connectivity index (χ0n) is 10.5. The number of hydrogen-bond acceptors (Lipinski definition) is 12. The summed E-state index contributed by atoms with van der Waals surface area (Å²) in [4.78, 5) is 83.8. The molecular weight excluding hydrogens is 827 g/mol. The summed E-state index contributed by atoms with van der Waals surface area (Å²) < 4.78 is 41.9. The molecule has 0 atom stereocenters. The van der Waals surface area contributed by atoms with E-state index in [0.717, 1.165) is 0 Å². The van der Waals surface area contributed by atoms with E-state index in [2.05, 4.69) is 0 Å². The molecule has 0 unspecified atom stereocenters. The summed E-state index contributed by atoms with van der Waals surface area (Å²) in [5.74, 6) is 0. The van der Waals surface area contributed by atoms with Crippen LogP contribution in [0.4, 0.5) is 0 Å². The van der Waals surface area contributed by atoms with E-state index < -0.39 is 47.6 Å². The standard InChI is InChI=1S/C3H12O12P4.4Sn/c4-16(5,6)2(17(7,8)9)1-3(18(10,11)12)19(13,14)15;;;;/h2-3H,1H2,(H2,4,5,6)(H2,7,8,9)(H2,10,11,12)(H2,13,14,15);;;;/q;4*+2/p-8. The maximum Gasteiger partial charge on any atom is 2.00 e. The second-order valence-electron chi connectivity index (χ2n) is 3.36. The minimum Gasteiger partial charge on any atom is -0.810 e. The fraction of sp³-hybridized carbons (Fsp3) is 1.00. The van der Waals surface area contributed by atoms with Gasteiger partial charge in [-0.15, -0.1) is 0 Å². The molecule has 0 aromatic heterocycles. The van der Waals surface area contributed by atoms with E-state index in [4.69, 9.17) is 0 Å². The van der Waals surface area contributed by atoms with Crippen LogP contribution in [0.25, 0.3) is 0 Å². The zero-order valence-corrected chi connectivity index (χ0v) is 25.5. The normalized spacial score (nSPS) is 12.6. The Morgan fingerprint density at radius 3 is 0.696 bits per heavy atom. The largest absolute Gasteiger partial charge is 2.00 e. The first kappa shape index (κ1) is 37.5. The molecule has 8 radical (unpaired) electrons. The van der Waals surface area contributed by atoms with E-state index in [1.54, 1.807) is 0 Å².